The van der Waals surface area contributed by atoms with Crippen LogP contribution in [0, 0.1) is 0 Å². The lowest BCUT2D eigenvalue weighted by Gasteiger charge is -2.12. The van der Waals surface area contributed by atoms with Crippen molar-refractivity contribution in [1.82, 2.24) is 5.32 Å². The molecule has 0 fully saturated rings. The number of fused-ring (bicyclic) bond motifs is 1. The topological polar surface area (TPSA) is 51.8 Å². The van der Waals surface area contributed by atoms with Crippen LogP contribution < -0.4 is 24.8 Å². The predicted molar refractivity (Wildman–Crippen MR) is 109 cm³/mol. The molecule has 0 unspecified atom stereocenters. The maximum Gasteiger partial charge on any atom is 0.231 e. The monoisotopic (exact) mass is 378 g/mol. The number of benzene rings is 3. The third-order valence-corrected chi connectivity index (χ3v) is 4.23. The first kappa shape index (κ1) is 17.2. The second-order valence-corrected chi connectivity index (χ2v) is 6.34. The van der Waals surface area contributed by atoms with E-state index in [0.717, 1.165) is 34.2 Å². The van der Waals surface area contributed by atoms with Gasteiger partial charge in [0.25, 0.3) is 0 Å². The van der Waals surface area contributed by atoms with Crippen LogP contribution in [-0.4, -0.2) is 11.9 Å². The number of hydrogen-bond donors (Lipinski definition) is 2. The van der Waals surface area contributed by atoms with Crippen molar-refractivity contribution in [3.63, 3.8) is 0 Å². The van der Waals surface area contributed by atoms with Crippen LogP contribution in [0.5, 0.6) is 23.0 Å². The van der Waals surface area contributed by atoms with Crippen molar-refractivity contribution in [3.8, 4) is 23.0 Å². The molecule has 0 atom stereocenters. The number of ether oxygens (including phenoxy) is 3. The lowest BCUT2D eigenvalue weighted by Crippen LogP contribution is -2.27. The molecule has 3 aromatic carbocycles. The second kappa shape index (κ2) is 7.97. The molecule has 0 radical (unpaired) electrons. The molecule has 0 saturated carbocycles. The van der Waals surface area contributed by atoms with Gasteiger partial charge in [0, 0.05) is 12.2 Å². The minimum absolute atomic E-state index is 0.274. The lowest BCUT2D eigenvalue weighted by atomic mass is 10.2. The van der Waals surface area contributed by atoms with Gasteiger partial charge in [0.2, 0.25) is 6.79 Å². The molecule has 0 aliphatic carbocycles. The molecule has 6 heteroatoms. The average molecular weight is 378 g/mol. The number of anilines is 1. The first-order valence-corrected chi connectivity index (χ1v) is 8.93. The first-order valence-electron chi connectivity index (χ1n) is 8.53. The summed E-state index contributed by atoms with van der Waals surface area (Å²) in [5, 5.41) is 6.90. The molecule has 0 spiro atoms. The Bertz CT molecular complexity index is 930. The molecule has 27 heavy (non-hydrogen) atoms. The summed E-state index contributed by atoms with van der Waals surface area (Å²) in [4.78, 5) is 0. The number of hydrogen-bond acceptors (Lipinski definition) is 4. The second-order valence-electron chi connectivity index (χ2n) is 5.93. The van der Waals surface area contributed by atoms with Gasteiger partial charge in [0.15, 0.2) is 16.6 Å². The van der Waals surface area contributed by atoms with E-state index in [0.29, 0.717) is 11.7 Å². The van der Waals surface area contributed by atoms with E-state index in [2.05, 4.69) is 10.6 Å². The van der Waals surface area contributed by atoms with E-state index >= 15 is 0 Å². The van der Waals surface area contributed by atoms with Crippen LogP contribution in [-0.2, 0) is 6.54 Å². The highest BCUT2D eigenvalue weighted by atomic mass is 32.1. The SMILES string of the molecule is S=C(NCc1ccc2c(c1)OCO2)Nc1ccc(Oc2ccccc2)cc1. The maximum atomic E-state index is 5.78. The van der Waals surface area contributed by atoms with Crippen LogP contribution in [0.4, 0.5) is 5.69 Å². The zero-order valence-electron chi connectivity index (χ0n) is 14.5. The summed E-state index contributed by atoms with van der Waals surface area (Å²) in [5.41, 5.74) is 1.95. The number of para-hydroxylation sites is 1. The number of nitrogens with one attached hydrogen (secondary N) is 2. The van der Waals surface area contributed by atoms with Gasteiger partial charge in [-0.15, -0.1) is 0 Å². The summed E-state index contributed by atoms with van der Waals surface area (Å²) in [6, 6.07) is 23.2. The molecule has 3 aromatic rings. The smallest absolute Gasteiger partial charge is 0.231 e. The summed E-state index contributed by atoms with van der Waals surface area (Å²) in [6.45, 7) is 0.869. The molecular weight excluding hydrogens is 360 g/mol. The molecule has 0 bridgehead atoms. The van der Waals surface area contributed by atoms with E-state index < -0.39 is 0 Å². The van der Waals surface area contributed by atoms with Gasteiger partial charge in [-0.25, -0.2) is 0 Å². The molecular formula is C21H18N2O3S. The average Bonchev–Trinajstić information content (AvgIpc) is 3.17. The number of rotatable bonds is 5. The minimum atomic E-state index is 0.274. The Labute approximate surface area is 162 Å². The van der Waals surface area contributed by atoms with E-state index in [9.17, 15) is 0 Å². The van der Waals surface area contributed by atoms with Crippen LogP contribution in [0.25, 0.3) is 0 Å². The van der Waals surface area contributed by atoms with Gasteiger partial charge in [-0.2, -0.15) is 0 Å². The molecule has 136 valence electrons. The van der Waals surface area contributed by atoms with Gasteiger partial charge in [0.05, 0.1) is 0 Å². The Balaban J connectivity index is 1.29. The van der Waals surface area contributed by atoms with Crippen LogP contribution in [0.1, 0.15) is 5.56 Å². The fourth-order valence-electron chi connectivity index (χ4n) is 2.64. The van der Waals surface area contributed by atoms with E-state index in [1.54, 1.807) is 0 Å². The van der Waals surface area contributed by atoms with E-state index in [1.165, 1.54) is 0 Å². The van der Waals surface area contributed by atoms with Gasteiger partial charge in [0.1, 0.15) is 11.5 Å². The quantitative estimate of drug-likeness (QED) is 0.628. The lowest BCUT2D eigenvalue weighted by molar-refractivity contribution is 0.174. The Hall–Kier alpha value is -3.25. The fourth-order valence-corrected chi connectivity index (χ4v) is 2.83. The Morgan fingerprint density at radius 2 is 1.63 bits per heavy atom. The van der Waals surface area contributed by atoms with Crippen molar-refractivity contribution in [3.05, 3.63) is 78.4 Å². The molecule has 1 aliphatic rings. The standard InChI is InChI=1S/C21H18N2O3S/c27-21(22-13-15-6-11-19-20(12-15)25-14-24-19)23-16-7-9-18(10-8-16)26-17-4-2-1-3-5-17/h1-12H,13-14H2,(H2,22,23,27). The van der Waals surface area contributed by atoms with Crippen LogP contribution in [0.3, 0.4) is 0 Å². The highest BCUT2D eigenvalue weighted by Gasteiger charge is 2.13. The van der Waals surface area contributed by atoms with Crippen molar-refractivity contribution in [2.45, 2.75) is 6.54 Å². The van der Waals surface area contributed by atoms with Crippen molar-refractivity contribution >= 4 is 23.0 Å². The molecule has 0 aromatic heterocycles. The Morgan fingerprint density at radius 3 is 2.44 bits per heavy atom. The van der Waals surface area contributed by atoms with Crippen molar-refractivity contribution in [2.24, 2.45) is 0 Å². The Morgan fingerprint density at radius 1 is 0.889 bits per heavy atom. The van der Waals surface area contributed by atoms with Crippen LogP contribution >= 0.6 is 12.2 Å². The first-order chi connectivity index (χ1) is 13.3. The van der Waals surface area contributed by atoms with Crippen LogP contribution in [0.2, 0.25) is 0 Å². The Kier molecular flexibility index (Phi) is 5.07. The van der Waals surface area contributed by atoms with E-state index in [1.807, 2.05) is 72.8 Å². The molecule has 2 N–H and O–H groups in total. The highest BCUT2D eigenvalue weighted by molar-refractivity contribution is 7.80. The largest absolute Gasteiger partial charge is 0.457 e. The van der Waals surface area contributed by atoms with Crippen molar-refractivity contribution in [2.75, 3.05) is 12.1 Å². The van der Waals surface area contributed by atoms with Gasteiger partial charge in [-0.05, 0) is 66.3 Å². The van der Waals surface area contributed by atoms with E-state index in [4.69, 9.17) is 26.4 Å². The van der Waals surface area contributed by atoms with E-state index in [-0.39, 0.29) is 6.79 Å². The third kappa shape index (κ3) is 4.48. The van der Waals surface area contributed by atoms with Crippen molar-refractivity contribution in [1.29, 1.82) is 0 Å². The molecule has 1 aliphatic heterocycles. The fraction of sp³-hybridized carbons (Fsp3) is 0.0952. The highest BCUT2D eigenvalue weighted by Crippen LogP contribution is 2.32. The zero-order valence-corrected chi connectivity index (χ0v) is 15.3. The van der Waals surface area contributed by atoms with Gasteiger partial charge in [-0.1, -0.05) is 24.3 Å². The molecule has 0 amide bonds. The number of thiocarbonyl (C=S) groups is 1. The van der Waals surface area contributed by atoms with Gasteiger partial charge >= 0.3 is 0 Å². The summed E-state index contributed by atoms with van der Waals surface area (Å²) < 4.78 is 16.5. The van der Waals surface area contributed by atoms with Gasteiger partial charge < -0.3 is 24.8 Å². The summed E-state index contributed by atoms with van der Waals surface area (Å²) >= 11 is 5.36. The minimum Gasteiger partial charge on any atom is -0.457 e. The molecule has 1 heterocycles. The van der Waals surface area contributed by atoms with Crippen molar-refractivity contribution < 1.29 is 14.2 Å². The summed E-state index contributed by atoms with van der Waals surface area (Å²) in [6.07, 6.45) is 0. The maximum absolute atomic E-state index is 5.78. The summed E-state index contributed by atoms with van der Waals surface area (Å²) in [5.74, 6) is 3.12. The third-order valence-electron chi connectivity index (χ3n) is 3.98. The zero-order chi connectivity index (χ0) is 18.5. The molecule has 4 rings (SSSR count). The predicted octanol–water partition coefficient (Wildman–Crippen LogP) is 4.69. The summed E-state index contributed by atoms with van der Waals surface area (Å²) in [7, 11) is 0. The van der Waals surface area contributed by atoms with Gasteiger partial charge in [-0.3, -0.25) is 0 Å². The molecule has 0 saturated heterocycles. The normalized spacial score (nSPS) is 11.7. The van der Waals surface area contributed by atoms with Crippen LogP contribution in [0.15, 0.2) is 72.8 Å². The molecule has 5 nitrogen and oxygen atoms in total.